The van der Waals surface area contributed by atoms with E-state index in [-0.39, 0.29) is 28.8 Å². The number of rotatable bonds is 6. The number of hydrogen-bond acceptors (Lipinski definition) is 4. The minimum atomic E-state index is -3.80. The van der Waals surface area contributed by atoms with Crippen molar-refractivity contribution in [1.29, 1.82) is 0 Å². The molecule has 2 aromatic carbocycles. The first kappa shape index (κ1) is 17.4. The van der Waals surface area contributed by atoms with E-state index in [9.17, 15) is 13.2 Å². The molecule has 5 nitrogen and oxygen atoms in total. The maximum Gasteiger partial charge on any atom is 0.266 e. The van der Waals surface area contributed by atoms with Gasteiger partial charge in [-0.1, -0.05) is 30.3 Å². The van der Waals surface area contributed by atoms with Gasteiger partial charge in [-0.3, -0.25) is 9.10 Å². The topological polar surface area (TPSA) is 66.5 Å². The van der Waals surface area contributed by atoms with Crippen LogP contribution in [0.4, 0.5) is 11.4 Å². The second-order valence-electron chi connectivity index (χ2n) is 4.71. The molecule has 0 saturated carbocycles. The minimum Gasteiger partial charge on any atom is -0.324 e. The predicted octanol–water partition coefficient (Wildman–Crippen LogP) is 2.77. The van der Waals surface area contributed by atoms with E-state index in [1.807, 2.05) is 6.07 Å². The fourth-order valence-electron chi connectivity index (χ4n) is 2.19. The van der Waals surface area contributed by atoms with Crippen LogP contribution in [-0.4, -0.2) is 26.6 Å². The molecule has 0 aromatic heterocycles. The molecule has 122 valence electrons. The molecule has 0 aliphatic carbocycles. The van der Waals surface area contributed by atoms with Gasteiger partial charge in [0, 0.05) is 6.54 Å². The molecule has 23 heavy (non-hydrogen) atoms. The van der Waals surface area contributed by atoms with Crippen molar-refractivity contribution >= 4 is 39.9 Å². The highest BCUT2D eigenvalue weighted by molar-refractivity contribution is 7.93. The zero-order chi connectivity index (χ0) is 16.9. The Kier molecular flexibility index (Phi) is 5.68. The Morgan fingerprint density at radius 1 is 1.09 bits per heavy atom. The van der Waals surface area contributed by atoms with Crippen molar-refractivity contribution in [2.24, 2.45) is 0 Å². The van der Waals surface area contributed by atoms with Gasteiger partial charge in [0.2, 0.25) is 5.91 Å². The summed E-state index contributed by atoms with van der Waals surface area (Å²) in [6.45, 7) is 2.04. The van der Waals surface area contributed by atoms with Crippen LogP contribution in [0.15, 0.2) is 59.5 Å². The Bertz CT molecular complexity index is 777. The number of thiol groups is 1. The Hall–Kier alpha value is -1.99. The van der Waals surface area contributed by atoms with Crippen LogP contribution in [0.2, 0.25) is 0 Å². The maximum atomic E-state index is 13.0. The van der Waals surface area contributed by atoms with Gasteiger partial charge >= 0.3 is 0 Å². The molecule has 0 heterocycles. The van der Waals surface area contributed by atoms with Crippen LogP contribution < -0.4 is 9.62 Å². The van der Waals surface area contributed by atoms with Crippen molar-refractivity contribution < 1.29 is 13.2 Å². The van der Waals surface area contributed by atoms with E-state index in [0.29, 0.717) is 5.69 Å². The number of sulfonamides is 1. The van der Waals surface area contributed by atoms with E-state index >= 15 is 0 Å². The van der Waals surface area contributed by atoms with Crippen LogP contribution in [0.5, 0.6) is 0 Å². The zero-order valence-corrected chi connectivity index (χ0v) is 14.3. The highest BCUT2D eigenvalue weighted by Crippen LogP contribution is 2.28. The fraction of sp³-hybridized carbons (Fsp3) is 0.188. The van der Waals surface area contributed by atoms with Crippen molar-refractivity contribution in [3.8, 4) is 0 Å². The van der Waals surface area contributed by atoms with Crippen LogP contribution in [0.25, 0.3) is 0 Å². The third kappa shape index (κ3) is 3.86. The summed E-state index contributed by atoms with van der Waals surface area (Å²) in [5, 5.41) is 2.58. The average Bonchev–Trinajstić information content (AvgIpc) is 2.56. The largest absolute Gasteiger partial charge is 0.324 e. The molecule has 0 fully saturated rings. The van der Waals surface area contributed by atoms with Crippen LogP contribution >= 0.6 is 12.6 Å². The maximum absolute atomic E-state index is 13.0. The molecule has 0 atom stereocenters. The molecule has 0 bridgehead atoms. The molecule has 2 rings (SSSR count). The number of anilines is 2. The van der Waals surface area contributed by atoms with E-state index in [0.717, 1.165) is 0 Å². The second kappa shape index (κ2) is 7.52. The molecule has 0 aliphatic heterocycles. The average molecular weight is 350 g/mol. The highest BCUT2D eigenvalue weighted by Gasteiger charge is 2.26. The third-order valence-electron chi connectivity index (χ3n) is 3.20. The van der Waals surface area contributed by atoms with Crippen molar-refractivity contribution in [2.75, 3.05) is 21.9 Å². The molecule has 0 unspecified atom stereocenters. The number of benzene rings is 2. The van der Waals surface area contributed by atoms with E-state index in [4.69, 9.17) is 0 Å². The SMILES string of the molecule is CCN(c1ccccc1)S(=O)(=O)c1ccccc1NC(=O)CS. The highest BCUT2D eigenvalue weighted by atomic mass is 32.2. The van der Waals surface area contributed by atoms with Crippen molar-refractivity contribution in [3.63, 3.8) is 0 Å². The molecular weight excluding hydrogens is 332 g/mol. The molecule has 0 saturated heterocycles. The van der Waals surface area contributed by atoms with Gasteiger partial charge in [-0.2, -0.15) is 12.6 Å². The summed E-state index contributed by atoms with van der Waals surface area (Å²) in [4.78, 5) is 11.6. The molecule has 0 radical (unpaired) electrons. The standard InChI is InChI=1S/C16H18N2O3S2/c1-2-18(13-8-4-3-5-9-13)23(20,21)15-11-7-6-10-14(15)17-16(19)12-22/h3-11,22H,2,12H2,1H3,(H,17,19). The van der Waals surface area contributed by atoms with Gasteiger partial charge in [0.05, 0.1) is 17.1 Å². The second-order valence-corrected chi connectivity index (χ2v) is 6.85. The first-order valence-corrected chi connectivity index (χ1v) is 9.15. The number of nitrogens with one attached hydrogen (secondary N) is 1. The summed E-state index contributed by atoms with van der Waals surface area (Å²) < 4.78 is 27.3. The van der Waals surface area contributed by atoms with Crippen molar-refractivity contribution in [2.45, 2.75) is 11.8 Å². The quantitative estimate of drug-likeness (QED) is 0.787. The van der Waals surface area contributed by atoms with Gasteiger partial charge in [0.25, 0.3) is 10.0 Å². The van der Waals surface area contributed by atoms with Gasteiger partial charge in [-0.15, -0.1) is 0 Å². The van der Waals surface area contributed by atoms with Crippen LogP contribution in [-0.2, 0) is 14.8 Å². The Labute approximate surface area is 141 Å². The summed E-state index contributed by atoms with van der Waals surface area (Å²) in [5.74, 6) is -0.386. The van der Waals surface area contributed by atoms with Crippen molar-refractivity contribution in [1.82, 2.24) is 0 Å². The number of para-hydroxylation sites is 2. The lowest BCUT2D eigenvalue weighted by Crippen LogP contribution is -2.31. The first-order chi connectivity index (χ1) is 11.0. The molecule has 1 amide bonds. The molecule has 1 N–H and O–H groups in total. The fourth-order valence-corrected chi connectivity index (χ4v) is 3.89. The van der Waals surface area contributed by atoms with Crippen molar-refractivity contribution in [3.05, 3.63) is 54.6 Å². The Balaban J connectivity index is 2.49. The van der Waals surface area contributed by atoms with E-state index in [2.05, 4.69) is 17.9 Å². The molecule has 0 aliphatic rings. The first-order valence-electron chi connectivity index (χ1n) is 7.08. The third-order valence-corrected chi connectivity index (χ3v) is 5.45. The summed E-state index contributed by atoms with van der Waals surface area (Å²) in [6, 6.07) is 15.2. The summed E-state index contributed by atoms with van der Waals surface area (Å²) in [5.41, 5.74) is 0.825. The minimum absolute atomic E-state index is 0.0233. The van der Waals surface area contributed by atoms with E-state index in [1.165, 1.54) is 10.4 Å². The summed E-state index contributed by atoms with van der Waals surface area (Å²) in [7, 11) is -3.80. The molecular formula is C16H18N2O3S2. The molecule has 0 spiro atoms. The predicted molar refractivity (Wildman–Crippen MR) is 95.6 cm³/mol. The number of nitrogens with zero attached hydrogens (tertiary/aromatic N) is 1. The van der Waals surface area contributed by atoms with Crippen LogP contribution in [0.1, 0.15) is 6.92 Å². The van der Waals surface area contributed by atoms with Gasteiger partial charge in [0.15, 0.2) is 0 Å². The zero-order valence-electron chi connectivity index (χ0n) is 12.6. The molecule has 2 aromatic rings. The van der Waals surface area contributed by atoms with E-state index < -0.39 is 10.0 Å². The lowest BCUT2D eigenvalue weighted by Gasteiger charge is -2.24. The lowest BCUT2D eigenvalue weighted by molar-refractivity contribution is -0.113. The number of carbonyl (C=O) groups excluding carboxylic acids is 1. The Morgan fingerprint density at radius 3 is 2.30 bits per heavy atom. The van der Waals surface area contributed by atoms with Gasteiger partial charge < -0.3 is 5.32 Å². The van der Waals surface area contributed by atoms with E-state index in [1.54, 1.807) is 49.4 Å². The molecule has 7 heteroatoms. The van der Waals surface area contributed by atoms with Crippen LogP contribution in [0.3, 0.4) is 0 Å². The van der Waals surface area contributed by atoms with Gasteiger partial charge in [0.1, 0.15) is 4.90 Å². The lowest BCUT2D eigenvalue weighted by atomic mass is 10.3. The van der Waals surface area contributed by atoms with Gasteiger partial charge in [-0.05, 0) is 31.2 Å². The summed E-state index contributed by atoms with van der Waals surface area (Å²) >= 11 is 3.90. The van der Waals surface area contributed by atoms with Crippen LogP contribution in [0, 0.1) is 0 Å². The van der Waals surface area contributed by atoms with Gasteiger partial charge in [-0.25, -0.2) is 8.42 Å². The smallest absolute Gasteiger partial charge is 0.266 e. The summed E-state index contributed by atoms with van der Waals surface area (Å²) in [6.07, 6.45) is 0. The Morgan fingerprint density at radius 2 is 1.70 bits per heavy atom. The normalized spacial score (nSPS) is 11.0. The monoisotopic (exact) mass is 350 g/mol. The number of amides is 1. The number of carbonyl (C=O) groups is 1. The number of hydrogen-bond donors (Lipinski definition) is 2.